The second kappa shape index (κ2) is 7.07. The minimum atomic E-state index is 0.0747. The first-order valence-corrected chi connectivity index (χ1v) is 8.55. The molecule has 0 aromatic carbocycles. The van der Waals surface area contributed by atoms with Crippen LogP contribution in [0.3, 0.4) is 0 Å². The van der Waals surface area contributed by atoms with Crippen LogP contribution in [-0.2, 0) is 6.42 Å². The lowest BCUT2D eigenvalue weighted by Gasteiger charge is -2.21. The van der Waals surface area contributed by atoms with E-state index in [4.69, 9.17) is 4.42 Å². The number of hydrogen-bond donors (Lipinski definition) is 0. The molecule has 1 saturated heterocycles. The fraction of sp³-hybridized carbons (Fsp3) is 0.500. The maximum Gasteiger partial charge on any atom is 0.257 e. The van der Waals surface area contributed by atoms with Gasteiger partial charge in [0.2, 0.25) is 0 Å². The zero-order valence-corrected chi connectivity index (χ0v) is 13.6. The highest BCUT2D eigenvalue weighted by molar-refractivity contribution is 7.09. The predicted octanol–water partition coefficient (Wildman–Crippen LogP) is 2.44. The van der Waals surface area contributed by atoms with E-state index in [1.165, 1.54) is 12.0 Å². The molecule has 1 aliphatic heterocycles. The average molecular weight is 319 g/mol. The van der Waals surface area contributed by atoms with Crippen molar-refractivity contribution >= 4 is 17.2 Å². The summed E-state index contributed by atoms with van der Waals surface area (Å²) in [6.07, 6.45) is 5.07. The van der Waals surface area contributed by atoms with E-state index >= 15 is 0 Å². The van der Waals surface area contributed by atoms with Crippen molar-refractivity contribution in [3.8, 4) is 0 Å². The molecular weight excluding hydrogens is 298 g/mol. The van der Waals surface area contributed by atoms with E-state index in [-0.39, 0.29) is 5.91 Å². The van der Waals surface area contributed by atoms with Gasteiger partial charge in [-0.15, -0.1) is 11.3 Å². The van der Waals surface area contributed by atoms with Gasteiger partial charge in [-0.05, 0) is 26.0 Å². The van der Waals surface area contributed by atoms with Gasteiger partial charge in [0.05, 0.1) is 22.5 Å². The fourth-order valence-electron chi connectivity index (χ4n) is 2.76. The number of hydrogen-bond acceptors (Lipinski definition) is 5. The molecule has 3 heterocycles. The first-order valence-electron chi connectivity index (χ1n) is 7.67. The number of carbonyl (C=O) groups excluding carboxylic acids is 1. The normalized spacial score (nSPS) is 16.7. The molecule has 2 aromatic heterocycles. The molecule has 5 nitrogen and oxygen atoms in total. The molecule has 118 valence electrons. The minimum absolute atomic E-state index is 0.0747. The Hall–Kier alpha value is -1.66. The Morgan fingerprint density at radius 1 is 1.36 bits per heavy atom. The number of aryl methyl sites for hydroxylation is 1. The SMILES string of the molecule is Cc1nc(CCN2CCCN(C(=O)c3ccoc3)CC2)cs1. The molecule has 0 aliphatic carbocycles. The molecule has 0 radical (unpaired) electrons. The van der Waals surface area contributed by atoms with E-state index in [2.05, 4.69) is 15.3 Å². The highest BCUT2D eigenvalue weighted by atomic mass is 32.1. The number of amides is 1. The first-order chi connectivity index (χ1) is 10.7. The Kier molecular flexibility index (Phi) is 4.90. The highest BCUT2D eigenvalue weighted by Gasteiger charge is 2.20. The van der Waals surface area contributed by atoms with Gasteiger partial charge in [0, 0.05) is 38.0 Å². The van der Waals surface area contributed by atoms with Gasteiger partial charge in [-0.2, -0.15) is 0 Å². The van der Waals surface area contributed by atoms with Crippen LogP contribution in [0.4, 0.5) is 0 Å². The molecule has 0 bridgehead atoms. The molecule has 22 heavy (non-hydrogen) atoms. The van der Waals surface area contributed by atoms with E-state index in [1.54, 1.807) is 23.7 Å². The Bertz CT molecular complexity index is 609. The number of furan rings is 1. The van der Waals surface area contributed by atoms with E-state index in [0.29, 0.717) is 5.56 Å². The number of carbonyl (C=O) groups is 1. The summed E-state index contributed by atoms with van der Waals surface area (Å²) in [7, 11) is 0. The molecular formula is C16H21N3O2S. The van der Waals surface area contributed by atoms with Gasteiger partial charge in [-0.25, -0.2) is 4.98 Å². The highest BCUT2D eigenvalue weighted by Crippen LogP contribution is 2.12. The lowest BCUT2D eigenvalue weighted by atomic mass is 10.3. The third-order valence-corrected chi connectivity index (χ3v) is 4.82. The molecule has 0 saturated carbocycles. The van der Waals surface area contributed by atoms with Gasteiger partial charge in [0.1, 0.15) is 6.26 Å². The van der Waals surface area contributed by atoms with Crippen LogP contribution in [0.5, 0.6) is 0 Å². The molecule has 0 N–H and O–H groups in total. The van der Waals surface area contributed by atoms with Gasteiger partial charge in [0.25, 0.3) is 5.91 Å². The Morgan fingerprint density at radius 3 is 3.00 bits per heavy atom. The largest absolute Gasteiger partial charge is 0.472 e. The smallest absolute Gasteiger partial charge is 0.257 e. The van der Waals surface area contributed by atoms with Gasteiger partial charge in [-0.1, -0.05) is 0 Å². The minimum Gasteiger partial charge on any atom is -0.472 e. The number of thiazole rings is 1. The molecule has 1 fully saturated rings. The second-order valence-corrected chi connectivity index (χ2v) is 6.67. The van der Waals surface area contributed by atoms with Crippen molar-refractivity contribution in [1.82, 2.24) is 14.8 Å². The van der Waals surface area contributed by atoms with Crippen molar-refractivity contribution in [2.24, 2.45) is 0 Å². The average Bonchev–Trinajstić information content (AvgIpc) is 3.12. The zero-order valence-electron chi connectivity index (χ0n) is 12.8. The Balaban J connectivity index is 1.50. The van der Waals surface area contributed by atoms with Crippen LogP contribution < -0.4 is 0 Å². The lowest BCUT2D eigenvalue weighted by molar-refractivity contribution is 0.0761. The van der Waals surface area contributed by atoms with E-state index in [0.717, 1.165) is 50.6 Å². The van der Waals surface area contributed by atoms with Crippen LogP contribution in [-0.4, -0.2) is 53.4 Å². The molecule has 2 aromatic rings. The summed E-state index contributed by atoms with van der Waals surface area (Å²) in [6, 6.07) is 1.73. The summed E-state index contributed by atoms with van der Waals surface area (Å²) in [5.74, 6) is 0.0747. The van der Waals surface area contributed by atoms with Gasteiger partial charge in [-0.3, -0.25) is 4.79 Å². The summed E-state index contributed by atoms with van der Waals surface area (Å²) in [6.45, 7) is 6.61. The van der Waals surface area contributed by atoms with Crippen LogP contribution in [0.1, 0.15) is 27.5 Å². The summed E-state index contributed by atoms with van der Waals surface area (Å²) in [5.41, 5.74) is 1.82. The lowest BCUT2D eigenvalue weighted by Crippen LogP contribution is -2.35. The monoisotopic (exact) mass is 319 g/mol. The summed E-state index contributed by atoms with van der Waals surface area (Å²) >= 11 is 1.71. The quantitative estimate of drug-likeness (QED) is 0.868. The van der Waals surface area contributed by atoms with Gasteiger partial charge >= 0.3 is 0 Å². The summed E-state index contributed by atoms with van der Waals surface area (Å²) < 4.78 is 5.00. The van der Waals surface area contributed by atoms with Crippen LogP contribution in [0.2, 0.25) is 0 Å². The molecule has 1 amide bonds. The van der Waals surface area contributed by atoms with E-state index in [9.17, 15) is 4.79 Å². The van der Waals surface area contributed by atoms with Crippen molar-refractivity contribution in [3.63, 3.8) is 0 Å². The molecule has 0 unspecified atom stereocenters. The third-order valence-electron chi connectivity index (χ3n) is 3.99. The van der Waals surface area contributed by atoms with E-state index < -0.39 is 0 Å². The van der Waals surface area contributed by atoms with Crippen LogP contribution in [0.25, 0.3) is 0 Å². The van der Waals surface area contributed by atoms with Crippen molar-refractivity contribution in [2.45, 2.75) is 19.8 Å². The van der Waals surface area contributed by atoms with E-state index in [1.807, 2.05) is 11.8 Å². The van der Waals surface area contributed by atoms with Crippen LogP contribution in [0.15, 0.2) is 28.4 Å². The van der Waals surface area contributed by atoms with Crippen molar-refractivity contribution in [1.29, 1.82) is 0 Å². The van der Waals surface area contributed by atoms with Crippen LogP contribution >= 0.6 is 11.3 Å². The second-order valence-electron chi connectivity index (χ2n) is 5.61. The molecule has 1 aliphatic rings. The number of nitrogens with zero attached hydrogens (tertiary/aromatic N) is 3. The topological polar surface area (TPSA) is 49.6 Å². The van der Waals surface area contributed by atoms with Crippen LogP contribution in [0, 0.1) is 6.92 Å². The number of aromatic nitrogens is 1. The standard InChI is InChI=1S/C16H21N3O2S/c1-13-17-15(12-22-13)3-7-18-5-2-6-19(9-8-18)16(20)14-4-10-21-11-14/h4,10-12H,2-3,5-9H2,1H3. The maximum absolute atomic E-state index is 12.3. The molecule has 3 rings (SSSR count). The molecule has 0 atom stereocenters. The molecule has 0 spiro atoms. The van der Waals surface area contributed by atoms with Crippen molar-refractivity contribution in [2.75, 3.05) is 32.7 Å². The predicted molar refractivity (Wildman–Crippen MR) is 86.2 cm³/mol. The third kappa shape index (κ3) is 3.75. The fourth-order valence-corrected chi connectivity index (χ4v) is 3.41. The first kappa shape index (κ1) is 15.2. The Morgan fingerprint density at radius 2 is 2.27 bits per heavy atom. The van der Waals surface area contributed by atoms with Crippen molar-refractivity contribution in [3.05, 3.63) is 40.2 Å². The van der Waals surface area contributed by atoms with Gasteiger partial charge in [0.15, 0.2) is 0 Å². The summed E-state index contributed by atoms with van der Waals surface area (Å²) in [4.78, 5) is 21.2. The number of rotatable bonds is 4. The maximum atomic E-state index is 12.3. The Labute approximate surface area is 134 Å². The molecule has 6 heteroatoms. The van der Waals surface area contributed by atoms with Crippen molar-refractivity contribution < 1.29 is 9.21 Å². The van der Waals surface area contributed by atoms with Gasteiger partial charge < -0.3 is 14.2 Å². The summed E-state index contributed by atoms with van der Waals surface area (Å²) in [5, 5.41) is 3.27. The zero-order chi connectivity index (χ0) is 15.4.